The monoisotopic (exact) mass is 281 g/mol. The van der Waals surface area contributed by atoms with Crippen molar-refractivity contribution in [2.45, 2.75) is 39.2 Å². The standard InChI is InChI=1S/C19H23NO/c1-14(2)21-18-7-3-5-15(13-18)11-16-8-9-19-17(12-16)6-4-10-20-19/h3,5,7-9,12-14,20H,4,6,10-11H2,1-2H3. The van der Waals surface area contributed by atoms with Gasteiger partial charge in [0.15, 0.2) is 0 Å². The lowest BCUT2D eigenvalue weighted by Gasteiger charge is -2.18. The molecule has 1 aliphatic heterocycles. The summed E-state index contributed by atoms with van der Waals surface area (Å²) in [6.45, 7) is 5.22. The van der Waals surface area contributed by atoms with Gasteiger partial charge in [0.05, 0.1) is 6.10 Å². The van der Waals surface area contributed by atoms with E-state index in [1.165, 1.54) is 35.2 Å². The number of hydrogen-bond acceptors (Lipinski definition) is 2. The molecule has 0 aliphatic carbocycles. The molecule has 0 unspecified atom stereocenters. The highest BCUT2D eigenvalue weighted by molar-refractivity contribution is 5.54. The molecule has 1 heterocycles. The molecule has 0 saturated carbocycles. The van der Waals surface area contributed by atoms with E-state index in [2.05, 4.69) is 55.6 Å². The predicted octanol–water partition coefficient (Wildman–Crippen LogP) is 4.42. The van der Waals surface area contributed by atoms with E-state index in [0.717, 1.165) is 18.7 Å². The summed E-state index contributed by atoms with van der Waals surface area (Å²) in [6.07, 6.45) is 3.60. The maximum atomic E-state index is 5.77. The quantitative estimate of drug-likeness (QED) is 0.895. The fraction of sp³-hybridized carbons (Fsp3) is 0.368. The highest BCUT2D eigenvalue weighted by Crippen LogP contribution is 2.25. The van der Waals surface area contributed by atoms with Crippen molar-refractivity contribution in [3.63, 3.8) is 0 Å². The molecule has 2 nitrogen and oxygen atoms in total. The molecule has 0 fully saturated rings. The van der Waals surface area contributed by atoms with Crippen LogP contribution in [-0.2, 0) is 12.8 Å². The Balaban J connectivity index is 1.77. The van der Waals surface area contributed by atoms with Crippen LogP contribution in [0.3, 0.4) is 0 Å². The average molecular weight is 281 g/mol. The zero-order valence-electron chi connectivity index (χ0n) is 12.9. The van der Waals surface area contributed by atoms with Crippen LogP contribution in [0, 0.1) is 0 Å². The second-order valence-corrected chi connectivity index (χ2v) is 6.01. The topological polar surface area (TPSA) is 21.3 Å². The van der Waals surface area contributed by atoms with E-state index in [-0.39, 0.29) is 6.10 Å². The van der Waals surface area contributed by atoms with Crippen molar-refractivity contribution in [2.75, 3.05) is 11.9 Å². The summed E-state index contributed by atoms with van der Waals surface area (Å²) in [6, 6.07) is 15.2. The number of nitrogens with one attached hydrogen (secondary N) is 1. The first-order valence-corrected chi connectivity index (χ1v) is 7.82. The lowest BCUT2D eigenvalue weighted by atomic mass is 9.97. The number of aryl methyl sites for hydroxylation is 1. The van der Waals surface area contributed by atoms with Crippen LogP contribution in [0.2, 0.25) is 0 Å². The third-order valence-electron chi connectivity index (χ3n) is 3.79. The van der Waals surface area contributed by atoms with Crippen molar-refractivity contribution in [1.82, 2.24) is 0 Å². The molecule has 0 spiro atoms. The molecular weight excluding hydrogens is 258 g/mol. The first-order chi connectivity index (χ1) is 10.2. The number of ether oxygens (including phenoxy) is 1. The number of anilines is 1. The predicted molar refractivity (Wildman–Crippen MR) is 88.3 cm³/mol. The van der Waals surface area contributed by atoms with Gasteiger partial charge in [-0.3, -0.25) is 0 Å². The Kier molecular flexibility index (Phi) is 4.14. The smallest absolute Gasteiger partial charge is 0.119 e. The van der Waals surface area contributed by atoms with Crippen molar-refractivity contribution in [2.24, 2.45) is 0 Å². The SMILES string of the molecule is CC(C)Oc1cccc(Cc2ccc3c(c2)CCCN3)c1. The highest BCUT2D eigenvalue weighted by Gasteiger charge is 2.09. The van der Waals surface area contributed by atoms with Gasteiger partial charge < -0.3 is 10.1 Å². The van der Waals surface area contributed by atoms with Crippen LogP contribution >= 0.6 is 0 Å². The molecule has 1 N–H and O–H groups in total. The molecule has 0 atom stereocenters. The van der Waals surface area contributed by atoms with Crippen molar-refractivity contribution in [3.05, 3.63) is 59.2 Å². The normalized spacial score (nSPS) is 13.7. The lowest BCUT2D eigenvalue weighted by Crippen LogP contribution is -2.11. The fourth-order valence-electron chi connectivity index (χ4n) is 2.87. The first kappa shape index (κ1) is 14.0. The molecule has 1 aliphatic rings. The van der Waals surface area contributed by atoms with Crippen molar-refractivity contribution in [3.8, 4) is 5.75 Å². The van der Waals surface area contributed by atoms with E-state index in [1.807, 2.05) is 6.07 Å². The van der Waals surface area contributed by atoms with Crippen LogP contribution in [0.25, 0.3) is 0 Å². The molecule has 3 rings (SSSR count). The summed E-state index contributed by atoms with van der Waals surface area (Å²) >= 11 is 0. The van der Waals surface area contributed by atoms with Crippen LogP contribution in [0.4, 0.5) is 5.69 Å². The minimum absolute atomic E-state index is 0.218. The maximum Gasteiger partial charge on any atom is 0.119 e. The Labute approximate surface area is 127 Å². The summed E-state index contributed by atoms with van der Waals surface area (Å²) in [7, 11) is 0. The summed E-state index contributed by atoms with van der Waals surface area (Å²) in [5, 5.41) is 3.46. The number of rotatable bonds is 4. The molecule has 0 aromatic heterocycles. The van der Waals surface area contributed by atoms with Crippen LogP contribution in [0.1, 0.15) is 37.0 Å². The van der Waals surface area contributed by atoms with Gasteiger partial charge in [0.25, 0.3) is 0 Å². The number of fused-ring (bicyclic) bond motifs is 1. The Morgan fingerprint density at radius 2 is 1.95 bits per heavy atom. The van der Waals surface area contributed by atoms with E-state index in [1.54, 1.807) is 0 Å². The molecule has 0 saturated heterocycles. The number of benzene rings is 2. The molecule has 0 radical (unpaired) electrons. The maximum absolute atomic E-state index is 5.77. The molecule has 2 heteroatoms. The third kappa shape index (κ3) is 3.57. The molecule has 0 bridgehead atoms. The van der Waals surface area contributed by atoms with Gasteiger partial charge in [-0.05, 0) is 68.0 Å². The molecule has 110 valence electrons. The van der Waals surface area contributed by atoms with Crippen LogP contribution < -0.4 is 10.1 Å². The van der Waals surface area contributed by atoms with Gasteiger partial charge in [-0.2, -0.15) is 0 Å². The second kappa shape index (κ2) is 6.21. The first-order valence-electron chi connectivity index (χ1n) is 7.82. The average Bonchev–Trinajstić information content (AvgIpc) is 2.47. The van der Waals surface area contributed by atoms with Crippen molar-refractivity contribution in [1.29, 1.82) is 0 Å². The highest BCUT2D eigenvalue weighted by atomic mass is 16.5. The molecule has 21 heavy (non-hydrogen) atoms. The summed E-state index contributed by atoms with van der Waals surface area (Å²) in [5.74, 6) is 0.960. The fourth-order valence-corrected chi connectivity index (χ4v) is 2.87. The summed E-state index contributed by atoms with van der Waals surface area (Å²) in [5.41, 5.74) is 5.44. The second-order valence-electron chi connectivity index (χ2n) is 6.01. The summed E-state index contributed by atoms with van der Waals surface area (Å²) < 4.78 is 5.77. The van der Waals surface area contributed by atoms with E-state index in [4.69, 9.17) is 4.74 Å². The third-order valence-corrected chi connectivity index (χ3v) is 3.79. The van der Waals surface area contributed by atoms with Crippen molar-refractivity contribution < 1.29 is 4.74 Å². The van der Waals surface area contributed by atoms with E-state index in [0.29, 0.717) is 0 Å². The number of hydrogen-bond donors (Lipinski definition) is 1. The van der Waals surface area contributed by atoms with Gasteiger partial charge in [0.2, 0.25) is 0 Å². The Morgan fingerprint density at radius 3 is 2.81 bits per heavy atom. The zero-order valence-corrected chi connectivity index (χ0v) is 12.9. The molecule has 0 amide bonds. The Bertz CT molecular complexity index is 619. The minimum Gasteiger partial charge on any atom is -0.491 e. The van der Waals surface area contributed by atoms with E-state index < -0.39 is 0 Å². The van der Waals surface area contributed by atoms with Crippen molar-refractivity contribution >= 4 is 5.69 Å². The molecule has 2 aromatic carbocycles. The van der Waals surface area contributed by atoms with Gasteiger partial charge in [-0.15, -0.1) is 0 Å². The largest absolute Gasteiger partial charge is 0.491 e. The van der Waals surface area contributed by atoms with Gasteiger partial charge in [-0.1, -0.05) is 24.3 Å². The van der Waals surface area contributed by atoms with Crippen LogP contribution in [0.15, 0.2) is 42.5 Å². The molecular formula is C19H23NO. The summed E-state index contributed by atoms with van der Waals surface area (Å²) in [4.78, 5) is 0. The zero-order chi connectivity index (χ0) is 14.7. The van der Waals surface area contributed by atoms with E-state index in [9.17, 15) is 0 Å². The Hall–Kier alpha value is -1.96. The van der Waals surface area contributed by atoms with E-state index >= 15 is 0 Å². The minimum atomic E-state index is 0.218. The van der Waals surface area contributed by atoms with Gasteiger partial charge in [-0.25, -0.2) is 0 Å². The van der Waals surface area contributed by atoms with Gasteiger partial charge in [0, 0.05) is 12.2 Å². The Morgan fingerprint density at radius 1 is 1.10 bits per heavy atom. The lowest BCUT2D eigenvalue weighted by molar-refractivity contribution is 0.242. The van der Waals surface area contributed by atoms with Gasteiger partial charge >= 0.3 is 0 Å². The molecule has 2 aromatic rings. The van der Waals surface area contributed by atoms with Crippen LogP contribution in [-0.4, -0.2) is 12.6 Å². The van der Waals surface area contributed by atoms with Gasteiger partial charge in [0.1, 0.15) is 5.75 Å². The van der Waals surface area contributed by atoms with Crippen LogP contribution in [0.5, 0.6) is 5.75 Å².